The Hall–Kier alpha value is -3.36. The number of fused-ring (bicyclic) bond motifs is 1. The Balaban J connectivity index is 1.59. The lowest BCUT2D eigenvalue weighted by atomic mass is 10.1. The van der Waals surface area contributed by atoms with Crippen molar-refractivity contribution in [3.63, 3.8) is 0 Å². The molecule has 0 radical (unpaired) electrons. The number of hydrogen-bond acceptors (Lipinski definition) is 6. The molecule has 2 aromatic heterocycles. The number of aliphatic imine (C=N–C) groups is 1. The van der Waals surface area contributed by atoms with Crippen molar-refractivity contribution in [1.82, 2.24) is 30.4 Å². The van der Waals surface area contributed by atoms with Crippen molar-refractivity contribution >= 4 is 22.8 Å². The molecule has 0 aliphatic heterocycles. The topological polar surface area (TPSA) is 101 Å². The van der Waals surface area contributed by atoms with Crippen LogP contribution in [0.15, 0.2) is 35.7 Å². The molecule has 1 aromatic carbocycles. The number of ether oxygens (including phenoxy) is 1. The number of nitrogens with one attached hydrogen (secondary N) is 3. The number of aromatic nitrogens is 4. The third kappa shape index (κ3) is 6.09. The zero-order chi connectivity index (χ0) is 22.9. The van der Waals surface area contributed by atoms with E-state index in [0.29, 0.717) is 19.6 Å². The summed E-state index contributed by atoms with van der Waals surface area (Å²) in [6.07, 6.45) is 4.46. The summed E-state index contributed by atoms with van der Waals surface area (Å²) >= 11 is 0. The number of anilines is 1. The molecule has 0 bridgehead atoms. The molecule has 0 amide bonds. The van der Waals surface area contributed by atoms with E-state index in [4.69, 9.17) is 9.73 Å². The van der Waals surface area contributed by atoms with Gasteiger partial charge in [0.25, 0.3) is 0 Å². The van der Waals surface area contributed by atoms with Crippen LogP contribution >= 0.6 is 0 Å². The molecule has 2 heterocycles. The van der Waals surface area contributed by atoms with E-state index in [2.05, 4.69) is 76.9 Å². The fraction of sp³-hybridized carbons (Fsp3) is 0.478. The zero-order valence-electron chi connectivity index (χ0n) is 19.6. The molecule has 0 saturated heterocycles. The number of nitrogens with zero attached hydrogens (tertiary/aromatic N) is 5. The molecule has 9 heteroatoms. The van der Waals surface area contributed by atoms with Crippen molar-refractivity contribution in [1.29, 1.82) is 0 Å². The van der Waals surface area contributed by atoms with Crippen LogP contribution in [0, 0.1) is 6.92 Å². The largest absolute Gasteiger partial charge is 0.490 e. The van der Waals surface area contributed by atoms with Gasteiger partial charge in [0.15, 0.2) is 11.6 Å². The molecule has 32 heavy (non-hydrogen) atoms. The first-order chi connectivity index (χ1) is 15.5. The fourth-order valence-electron chi connectivity index (χ4n) is 3.17. The van der Waals surface area contributed by atoms with Crippen LogP contribution in [-0.2, 0) is 13.6 Å². The highest BCUT2D eigenvalue weighted by Gasteiger charge is 2.09. The molecule has 0 spiro atoms. The smallest absolute Gasteiger partial charge is 0.191 e. The van der Waals surface area contributed by atoms with Gasteiger partial charge in [-0.2, -0.15) is 5.10 Å². The van der Waals surface area contributed by atoms with E-state index in [9.17, 15) is 0 Å². The Kier molecular flexibility index (Phi) is 8.24. The summed E-state index contributed by atoms with van der Waals surface area (Å²) in [6.45, 7) is 11.0. The van der Waals surface area contributed by atoms with Gasteiger partial charge in [0.05, 0.1) is 24.2 Å². The number of hydrogen-bond donors (Lipinski definition) is 3. The lowest BCUT2D eigenvalue weighted by molar-refractivity contribution is 0.215. The molecule has 0 aliphatic carbocycles. The van der Waals surface area contributed by atoms with Gasteiger partial charge < -0.3 is 20.7 Å². The second kappa shape index (κ2) is 11.3. The second-order valence-corrected chi connectivity index (χ2v) is 7.72. The molecule has 3 N–H and O–H groups in total. The first kappa shape index (κ1) is 23.3. The lowest BCUT2D eigenvalue weighted by Gasteiger charge is -2.17. The SMILES string of the molecule is CCNC(=NCc1ccc(C)cc1OC(C)CC)NCCNc1ncnc2c1cnn2C. The Labute approximate surface area is 189 Å². The normalized spacial score (nSPS) is 12.6. The number of guanidine groups is 1. The number of rotatable bonds is 10. The maximum Gasteiger partial charge on any atom is 0.191 e. The Morgan fingerprint density at radius 1 is 1.19 bits per heavy atom. The van der Waals surface area contributed by atoms with Gasteiger partial charge in [-0.25, -0.2) is 15.0 Å². The summed E-state index contributed by atoms with van der Waals surface area (Å²) < 4.78 is 7.85. The Morgan fingerprint density at radius 2 is 2.03 bits per heavy atom. The first-order valence-corrected chi connectivity index (χ1v) is 11.2. The molecule has 1 unspecified atom stereocenters. The van der Waals surface area contributed by atoms with Crippen LogP contribution in [0.1, 0.15) is 38.3 Å². The van der Waals surface area contributed by atoms with Crippen molar-refractivity contribution in [2.75, 3.05) is 25.0 Å². The maximum atomic E-state index is 6.11. The first-order valence-electron chi connectivity index (χ1n) is 11.2. The van der Waals surface area contributed by atoms with E-state index in [-0.39, 0.29) is 6.10 Å². The summed E-state index contributed by atoms with van der Waals surface area (Å²) in [6, 6.07) is 6.28. The minimum Gasteiger partial charge on any atom is -0.490 e. The van der Waals surface area contributed by atoms with Crippen LogP contribution in [-0.4, -0.2) is 51.4 Å². The Morgan fingerprint density at radius 3 is 2.81 bits per heavy atom. The third-order valence-electron chi connectivity index (χ3n) is 5.12. The van der Waals surface area contributed by atoms with E-state index >= 15 is 0 Å². The van der Waals surface area contributed by atoms with Gasteiger partial charge in [-0.3, -0.25) is 4.68 Å². The quantitative estimate of drug-likeness (QED) is 0.254. The highest BCUT2D eigenvalue weighted by molar-refractivity contribution is 5.86. The minimum atomic E-state index is 0.171. The van der Waals surface area contributed by atoms with E-state index in [1.54, 1.807) is 17.2 Å². The minimum absolute atomic E-state index is 0.171. The average Bonchev–Trinajstić information content (AvgIpc) is 3.17. The molecule has 0 fully saturated rings. The van der Waals surface area contributed by atoms with Gasteiger partial charge in [-0.1, -0.05) is 19.1 Å². The molecule has 1 atom stereocenters. The summed E-state index contributed by atoms with van der Waals surface area (Å²) in [5, 5.41) is 15.2. The summed E-state index contributed by atoms with van der Waals surface area (Å²) in [5.41, 5.74) is 3.06. The van der Waals surface area contributed by atoms with Crippen LogP contribution in [0.5, 0.6) is 5.75 Å². The zero-order valence-corrected chi connectivity index (χ0v) is 19.6. The van der Waals surface area contributed by atoms with Gasteiger partial charge in [0, 0.05) is 32.2 Å². The van der Waals surface area contributed by atoms with Gasteiger partial charge in [-0.05, 0) is 38.8 Å². The molecular formula is C23H34N8O. The standard InChI is InChI=1S/C23H34N8O/c1-6-17(4)32-20-12-16(3)8-9-18(20)13-27-23(24-7-2)26-11-10-25-21-19-14-30-31(5)22(19)29-15-28-21/h8-9,12,14-15,17H,6-7,10-11,13H2,1-5H3,(H2,24,26,27)(H,25,28,29). The lowest BCUT2D eigenvalue weighted by Crippen LogP contribution is -2.39. The van der Waals surface area contributed by atoms with Crippen LogP contribution in [0.25, 0.3) is 11.0 Å². The van der Waals surface area contributed by atoms with Crippen LogP contribution in [0.4, 0.5) is 5.82 Å². The monoisotopic (exact) mass is 438 g/mol. The predicted molar refractivity (Wildman–Crippen MR) is 129 cm³/mol. The van der Waals surface area contributed by atoms with Crippen molar-refractivity contribution < 1.29 is 4.74 Å². The highest BCUT2D eigenvalue weighted by atomic mass is 16.5. The van der Waals surface area contributed by atoms with E-state index < -0.39 is 0 Å². The van der Waals surface area contributed by atoms with Gasteiger partial charge in [0.1, 0.15) is 17.9 Å². The molecule has 3 aromatic rings. The molecule has 3 rings (SSSR count). The molecular weight excluding hydrogens is 404 g/mol. The summed E-state index contributed by atoms with van der Waals surface area (Å²) in [5.74, 6) is 2.45. The predicted octanol–water partition coefficient (Wildman–Crippen LogP) is 3.02. The fourth-order valence-corrected chi connectivity index (χ4v) is 3.17. The molecule has 9 nitrogen and oxygen atoms in total. The summed E-state index contributed by atoms with van der Waals surface area (Å²) in [7, 11) is 1.87. The number of aryl methyl sites for hydroxylation is 2. The molecule has 172 valence electrons. The summed E-state index contributed by atoms with van der Waals surface area (Å²) in [4.78, 5) is 13.4. The van der Waals surface area contributed by atoms with E-state index in [1.165, 1.54) is 5.56 Å². The van der Waals surface area contributed by atoms with Gasteiger partial charge >= 0.3 is 0 Å². The van der Waals surface area contributed by atoms with Crippen LogP contribution < -0.4 is 20.7 Å². The van der Waals surface area contributed by atoms with E-state index in [0.717, 1.165) is 47.1 Å². The van der Waals surface area contributed by atoms with Gasteiger partial charge in [-0.15, -0.1) is 0 Å². The maximum absolute atomic E-state index is 6.11. The van der Waals surface area contributed by atoms with Crippen molar-refractivity contribution in [3.05, 3.63) is 41.9 Å². The van der Waals surface area contributed by atoms with Crippen molar-refractivity contribution in [2.45, 2.75) is 46.8 Å². The Bertz CT molecular complexity index is 1050. The van der Waals surface area contributed by atoms with Crippen LogP contribution in [0.3, 0.4) is 0 Å². The second-order valence-electron chi connectivity index (χ2n) is 7.72. The van der Waals surface area contributed by atoms with Crippen molar-refractivity contribution in [3.8, 4) is 5.75 Å². The third-order valence-corrected chi connectivity index (χ3v) is 5.12. The molecule has 0 aliphatic rings. The van der Waals surface area contributed by atoms with Gasteiger partial charge in [0.2, 0.25) is 0 Å². The van der Waals surface area contributed by atoms with E-state index in [1.807, 2.05) is 7.05 Å². The highest BCUT2D eigenvalue weighted by Crippen LogP contribution is 2.23. The molecule has 0 saturated carbocycles. The van der Waals surface area contributed by atoms with Crippen molar-refractivity contribution in [2.24, 2.45) is 12.0 Å². The number of benzene rings is 1. The van der Waals surface area contributed by atoms with Crippen LogP contribution in [0.2, 0.25) is 0 Å². The average molecular weight is 439 g/mol.